The van der Waals surface area contributed by atoms with Gasteiger partial charge in [-0.3, -0.25) is 0 Å². The summed E-state index contributed by atoms with van der Waals surface area (Å²) >= 11 is 1.65. The molecule has 0 unspecified atom stereocenters. The third-order valence-electron chi connectivity index (χ3n) is 9.25. The summed E-state index contributed by atoms with van der Waals surface area (Å²) in [5.41, 5.74) is 13.5. The van der Waals surface area contributed by atoms with E-state index in [1.165, 1.54) is 49.4 Å². The highest BCUT2D eigenvalue weighted by atomic mass is 32.1. The lowest BCUT2D eigenvalue weighted by molar-refractivity contribution is 0.660. The molecule has 1 heterocycles. The minimum absolute atomic E-state index is 0.0851. The Morgan fingerprint density at radius 1 is 0.651 bits per heavy atom. The van der Waals surface area contributed by atoms with Crippen molar-refractivity contribution >= 4 is 34.5 Å². The summed E-state index contributed by atoms with van der Waals surface area (Å²) in [4.78, 5) is 4.53. The summed E-state index contributed by atoms with van der Waals surface area (Å²) < 4.78 is 0. The maximum atomic E-state index is 9.27. The Balaban J connectivity index is 1.37. The van der Waals surface area contributed by atoms with Gasteiger partial charge in [-0.1, -0.05) is 81.8 Å². The molecule has 0 N–H and O–H groups in total. The Morgan fingerprint density at radius 2 is 1.21 bits per heavy atom. The summed E-state index contributed by atoms with van der Waals surface area (Å²) in [7, 11) is 0. The van der Waals surface area contributed by atoms with Gasteiger partial charge >= 0.3 is 0 Å². The van der Waals surface area contributed by atoms with Crippen molar-refractivity contribution in [2.24, 2.45) is 0 Å². The highest BCUT2D eigenvalue weighted by Gasteiger charge is 2.39. The molecule has 0 amide bonds. The number of rotatable bonds is 4. The first-order valence-corrected chi connectivity index (χ1v) is 15.4. The molecule has 0 spiro atoms. The van der Waals surface area contributed by atoms with E-state index in [9.17, 15) is 10.5 Å². The fraction of sp³-hybridized carbons (Fsp3) is 0.179. The standard InChI is InChI=1S/C39H31N3S/c1-24-10-12-26(13-11-24)42(27-14-16-31-30-8-6-7-9-33(30)38(2,3)34(31)19-27)28-15-17-32-35(20-28)39(4,5)36-21-29(43-37(32)36)18-25(22-40)23-41/h6-21H,1-5H3. The number of benzene rings is 4. The molecule has 2 aliphatic rings. The molecule has 1 aromatic heterocycles. The van der Waals surface area contributed by atoms with Crippen LogP contribution in [0.1, 0.15) is 60.4 Å². The molecule has 0 radical (unpaired) electrons. The number of allylic oxidation sites excluding steroid dienone is 1. The molecule has 4 heteroatoms. The van der Waals surface area contributed by atoms with Crippen LogP contribution < -0.4 is 4.90 Å². The smallest absolute Gasteiger partial charge is 0.131 e. The van der Waals surface area contributed by atoms with Gasteiger partial charge in [0.05, 0.1) is 0 Å². The maximum Gasteiger partial charge on any atom is 0.131 e. The van der Waals surface area contributed by atoms with E-state index in [0.717, 1.165) is 21.9 Å². The Hall–Kier alpha value is -4.90. The topological polar surface area (TPSA) is 50.8 Å². The van der Waals surface area contributed by atoms with Crippen LogP contribution in [0.4, 0.5) is 17.1 Å². The van der Waals surface area contributed by atoms with Gasteiger partial charge in [-0.2, -0.15) is 10.5 Å². The van der Waals surface area contributed by atoms with Gasteiger partial charge in [0.15, 0.2) is 0 Å². The van der Waals surface area contributed by atoms with Crippen molar-refractivity contribution in [3.05, 3.63) is 129 Å². The Morgan fingerprint density at radius 3 is 1.88 bits per heavy atom. The van der Waals surface area contributed by atoms with Crippen molar-refractivity contribution in [3.63, 3.8) is 0 Å². The average Bonchev–Trinajstić information content (AvgIpc) is 3.60. The van der Waals surface area contributed by atoms with Crippen LogP contribution in [0.2, 0.25) is 0 Å². The molecule has 0 atom stereocenters. The van der Waals surface area contributed by atoms with E-state index in [1.807, 2.05) is 12.1 Å². The molecule has 0 saturated heterocycles. The van der Waals surface area contributed by atoms with E-state index in [0.29, 0.717) is 0 Å². The summed E-state index contributed by atoms with van der Waals surface area (Å²) in [6.07, 6.45) is 1.69. The Labute approximate surface area is 257 Å². The van der Waals surface area contributed by atoms with Gasteiger partial charge in [0.2, 0.25) is 0 Å². The number of thiophene rings is 1. The number of anilines is 3. The van der Waals surface area contributed by atoms with E-state index in [2.05, 4.69) is 131 Å². The molecular weight excluding hydrogens is 543 g/mol. The molecule has 3 nitrogen and oxygen atoms in total. The van der Waals surface area contributed by atoms with Gasteiger partial charge in [-0.15, -0.1) is 11.3 Å². The summed E-state index contributed by atoms with van der Waals surface area (Å²) in [5.74, 6) is 0. The second-order valence-corrected chi connectivity index (χ2v) is 13.7. The molecular formula is C39H31N3S. The molecule has 0 aliphatic heterocycles. The molecule has 43 heavy (non-hydrogen) atoms. The Bertz CT molecular complexity index is 2040. The monoisotopic (exact) mass is 573 g/mol. The van der Waals surface area contributed by atoms with Crippen LogP contribution in [0.25, 0.3) is 27.6 Å². The van der Waals surface area contributed by atoms with Gasteiger partial charge in [-0.05, 0) is 94.4 Å². The average molecular weight is 574 g/mol. The first-order valence-electron chi connectivity index (χ1n) is 14.6. The molecule has 208 valence electrons. The highest BCUT2D eigenvalue weighted by Crippen LogP contribution is 2.55. The largest absolute Gasteiger partial charge is 0.310 e. The number of aryl methyl sites for hydroxylation is 1. The number of hydrogen-bond donors (Lipinski definition) is 0. The first kappa shape index (κ1) is 27.0. The van der Waals surface area contributed by atoms with Gasteiger partial charge in [-0.25, -0.2) is 0 Å². The normalized spacial score (nSPS) is 14.5. The van der Waals surface area contributed by atoms with Gasteiger partial charge in [0, 0.05) is 37.6 Å². The van der Waals surface area contributed by atoms with Crippen molar-refractivity contribution in [3.8, 4) is 33.7 Å². The number of hydrogen-bond acceptors (Lipinski definition) is 4. The quantitative estimate of drug-likeness (QED) is 0.201. The van der Waals surface area contributed by atoms with Crippen molar-refractivity contribution < 1.29 is 0 Å². The summed E-state index contributed by atoms with van der Waals surface area (Å²) in [5, 5.41) is 18.5. The predicted molar refractivity (Wildman–Crippen MR) is 178 cm³/mol. The molecule has 4 aromatic carbocycles. The predicted octanol–water partition coefficient (Wildman–Crippen LogP) is 10.6. The zero-order valence-electron chi connectivity index (χ0n) is 25.0. The molecule has 0 fully saturated rings. The van der Waals surface area contributed by atoms with E-state index in [4.69, 9.17) is 0 Å². The lowest BCUT2D eigenvalue weighted by Gasteiger charge is -2.29. The second-order valence-electron chi connectivity index (χ2n) is 12.6. The molecule has 2 aliphatic carbocycles. The van der Waals surface area contributed by atoms with Crippen LogP contribution in [0.5, 0.6) is 0 Å². The molecule has 0 saturated carbocycles. The number of fused-ring (bicyclic) bond motifs is 6. The zero-order valence-corrected chi connectivity index (χ0v) is 25.8. The van der Waals surface area contributed by atoms with E-state index < -0.39 is 0 Å². The SMILES string of the molecule is Cc1ccc(N(c2ccc3c(c2)C(C)(C)c2ccccc2-3)c2ccc3c(c2)C(C)(C)c2cc(C=C(C#N)C#N)sc2-3)cc1. The van der Waals surface area contributed by atoms with Gasteiger partial charge < -0.3 is 4.90 Å². The van der Waals surface area contributed by atoms with E-state index in [1.54, 1.807) is 17.4 Å². The highest BCUT2D eigenvalue weighted by molar-refractivity contribution is 7.16. The first-order chi connectivity index (χ1) is 20.6. The van der Waals surface area contributed by atoms with E-state index >= 15 is 0 Å². The lowest BCUT2D eigenvalue weighted by atomic mass is 9.82. The van der Waals surface area contributed by atoms with Crippen LogP contribution in [0.3, 0.4) is 0 Å². The summed E-state index contributed by atoms with van der Waals surface area (Å²) in [6, 6.07) is 37.4. The zero-order chi connectivity index (χ0) is 30.1. The minimum Gasteiger partial charge on any atom is -0.310 e. The lowest BCUT2D eigenvalue weighted by Crippen LogP contribution is -2.18. The van der Waals surface area contributed by atoms with Crippen molar-refractivity contribution in [2.75, 3.05) is 4.90 Å². The van der Waals surface area contributed by atoms with Crippen LogP contribution in [0.15, 0.2) is 96.6 Å². The minimum atomic E-state index is -0.219. The van der Waals surface area contributed by atoms with Crippen molar-refractivity contribution in [1.29, 1.82) is 10.5 Å². The van der Waals surface area contributed by atoms with E-state index in [-0.39, 0.29) is 16.4 Å². The Kier molecular flexibility index (Phi) is 6.00. The maximum absolute atomic E-state index is 9.27. The molecule has 0 bridgehead atoms. The van der Waals surface area contributed by atoms with Crippen LogP contribution in [-0.2, 0) is 10.8 Å². The van der Waals surface area contributed by atoms with Crippen LogP contribution in [-0.4, -0.2) is 0 Å². The third kappa shape index (κ3) is 4.06. The number of nitriles is 2. The van der Waals surface area contributed by atoms with Crippen molar-refractivity contribution in [2.45, 2.75) is 45.4 Å². The third-order valence-corrected chi connectivity index (χ3v) is 10.4. The van der Waals surface area contributed by atoms with Crippen LogP contribution >= 0.6 is 11.3 Å². The second kappa shape index (κ2) is 9.56. The fourth-order valence-electron chi connectivity index (χ4n) is 6.88. The molecule has 7 rings (SSSR count). The summed E-state index contributed by atoms with van der Waals surface area (Å²) in [6.45, 7) is 11.3. The van der Waals surface area contributed by atoms with Crippen molar-refractivity contribution in [1.82, 2.24) is 0 Å². The number of nitrogens with zero attached hydrogens (tertiary/aromatic N) is 3. The molecule has 5 aromatic rings. The van der Waals surface area contributed by atoms with Crippen LogP contribution in [0, 0.1) is 29.6 Å². The van der Waals surface area contributed by atoms with Gasteiger partial charge in [0.1, 0.15) is 17.7 Å². The van der Waals surface area contributed by atoms with Gasteiger partial charge in [0.25, 0.3) is 0 Å². The fourth-order valence-corrected chi connectivity index (χ4v) is 8.18.